The summed E-state index contributed by atoms with van der Waals surface area (Å²) >= 11 is 0. The quantitative estimate of drug-likeness (QED) is 0.753. The van der Waals surface area contributed by atoms with Crippen molar-refractivity contribution in [1.29, 1.82) is 0 Å². The Bertz CT molecular complexity index is 862. The minimum atomic E-state index is -0.249. The number of nitrogens with one attached hydrogen (secondary N) is 2. The normalized spacial score (nSPS) is 10.8. The third-order valence-corrected chi connectivity index (χ3v) is 3.68. The predicted molar refractivity (Wildman–Crippen MR) is 88.5 cm³/mol. The van der Waals surface area contributed by atoms with Gasteiger partial charge >= 0.3 is 0 Å². The van der Waals surface area contributed by atoms with Crippen LogP contribution in [0, 0.1) is 0 Å². The number of imidazole rings is 1. The second kappa shape index (κ2) is 6.48. The van der Waals surface area contributed by atoms with Gasteiger partial charge in [-0.2, -0.15) is 0 Å². The van der Waals surface area contributed by atoms with Gasteiger partial charge in [0.25, 0.3) is 11.5 Å². The van der Waals surface area contributed by atoms with Crippen molar-refractivity contribution < 1.29 is 4.79 Å². The van der Waals surface area contributed by atoms with Gasteiger partial charge in [-0.05, 0) is 25.1 Å². The lowest BCUT2D eigenvalue weighted by Crippen LogP contribution is -2.28. The van der Waals surface area contributed by atoms with Crippen LogP contribution in [0.3, 0.4) is 0 Å². The lowest BCUT2D eigenvalue weighted by Gasteiger charge is -2.05. The fraction of sp³-hybridized carbons (Fsp3) is 0.235. The van der Waals surface area contributed by atoms with Crippen LogP contribution in [0.25, 0.3) is 11.0 Å². The van der Waals surface area contributed by atoms with Gasteiger partial charge in [0.2, 0.25) is 0 Å². The fourth-order valence-electron chi connectivity index (χ4n) is 2.43. The molecule has 3 rings (SSSR count). The van der Waals surface area contributed by atoms with Crippen LogP contribution in [0.5, 0.6) is 0 Å². The van der Waals surface area contributed by atoms with Gasteiger partial charge in [-0.3, -0.25) is 9.59 Å². The molecular weight excluding hydrogens is 292 g/mol. The van der Waals surface area contributed by atoms with Gasteiger partial charge in [0.05, 0.1) is 11.0 Å². The van der Waals surface area contributed by atoms with Crippen LogP contribution in [0.4, 0.5) is 0 Å². The Morgan fingerprint density at radius 2 is 2.13 bits per heavy atom. The van der Waals surface area contributed by atoms with Crippen molar-refractivity contribution in [3.05, 3.63) is 64.3 Å². The zero-order valence-electron chi connectivity index (χ0n) is 12.9. The highest BCUT2D eigenvalue weighted by molar-refractivity contribution is 5.93. The van der Waals surface area contributed by atoms with Crippen LogP contribution in [-0.4, -0.2) is 27.0 Å². The van der Waals surface area contributed by atoms with E-state index in [-0.39, 0.29) is 11.5 Å². The van der Waals surface area contributed by atoms with E-state index in [1.54, 1.807) is 16.8 Å². The number of aryl methyl sites for hydroxylation is 1. The van der Waals surface area contributed by atoms with E-state index in [0.29, 0.717) is 25.1 Å². The van der Waals surface area contributed by atoms with Gasteiger partial charge in [0.1, 0.15) is 5.82 Å². The Kier molecular flexibility index (Phi) is 4.23. The molecule has 0 fully saturated rings. The SMILES string of the molecule is CCn1ccc(C(=O)NCCc2nc3ccccc3[nH]2)cc1=O. The Morgan fingerprint density at radius 3 is 2.87 bits per heavy atom. The van der Waals surface area contributed by atoms with Crippen LogP contribution in [-0.2, 0) is 13.0 Å². The minimum Gasteiger partial charge on any atom is -0.352 e. The first-order chi connectivity index (χ1) is 11.2. The molecule has 0 saturated carbocycles. The Morgan fingerprint density at radius 1 is 1.30 bits per heavy atom. The molecule has 1 aromatic carbocycles. The van der Waals surface area contributed by atoms with Gasteiger partial charge in [-0.25, -0.2) is 4.98 Å². The first kappa shape index (κ1) is 15.0. The Labute approximate surface area is 133 Å². The molecule has 0 unspecified atom stereocenters. The third kappa shape index (κ3) is 3.31. The molecule has 0 radical (unpaired) electrons. The average Bonchev–Trinajstić information content (AvgIpc) is 2.97. The summed E-state index contributed by atoms with van der Waals surface area (Å²) < 4.78 is 1.55. The van der Waals surface area contributed by atoms with Crippen LogP contribution in [0.15, 0.2) is 47.4 Å². The summed E-state index contributed by atoms with van der Waals surface area (Å²) in [5.41, 5.74) is 2.11. The largest absolute Gasteiger partial charge is 0.352 e. The van der Waals surface area contributed by atoms with Crippen molar-refractivity contribution in [2.45, 2.75) is 19.9 Å². The van der Waals surface area contributed by atoms with E-state index in [1.807, 2.05) is 31.2 Å². The smallest absolute Gasteiger partial charge is 0.251 e. The lowest BCUT2D eigenvalue weighted by atomic mass is 10.2. The molecule has 2 N–H and O–H groups in total. The maximum Gasteiger partial charge on any atom is 0.251 e. The highest BCUT2D eigenvalue weighted by atomic mass is 16.2. The van der Waals surface area contributed by atoms with Crippen molar-refractivity contribution in [1.82, 2.24) is 19.9 Å². The second-order valence-electron chi connectivity index (χ2n) is 5.25. The summed E-state index contributed by atoms with van der Waals surface area (Å²) in [5.74, 6) is 0.578. The molecule has 0 aliphatic heterocycles. The number of aromatic nitrogens is 3. The minimum absolute atomic E-state index is 0.169. The number of hydrogen-bond acceptors (Lipinski definition) is 3. The summed E-state index contributed by atoms with van der Waals surface area (Å²) in [5, 5.41) is 2.81. The molecule has 0 spiro atoms. The molecule has 0 aliphatic carbocycles. The van der Waals surface area contributed by atoms with E-state index in [1.165, 1.54) is 6.07 Å². The van der Waals surface area contributed by atoms with Gasteiger partial charge in [-0.15, -0.1) is 0 Å². The predicted octanol–water partition coefficient (Wildman–Crippen LogP) is 1.72. The number of benzene rings is 1. The number of H-pyrrole nitrogens is 1. The lowest BCUT2D eigenvalue weighted by molar-refractivity contribution is 0.0953. The molecule has 23 heavy (non-hydrogen) atoms. The zero-order chi connectivity index (χ0) is 16.2. The zero-order valence-corrected chi connectivity index (χ0v) is 12.9. The van der Waals surface area contributed by atoms with E-state index < -0.39 is 0 Å². The summed E-state index contributed by atoms with van der Waals surface area (Å²) in [7, 11) is 0. The third-order valence-electron chi connectivity index (χ3n) is 3.68. The Hall–Kier alpha value is -2.89. The molecule has 0 aliphatic rings. The van der Waals surface area contributed by atoms with E-state index in [4.69, 9.17) is 0 Å². The maximum atomic E-state index is 12.1. The standard InChI is InChI=1S/C17H18N4O2/c1-2-21-10-8-12(11-16(21)22)17(23)18-9-7-15-19-13-5-3-4-6-14(13)20-15/h3-6,8,10-11H,2,7,9H2,1H3,(H,18,23)(H,19,20). The summed E-state index contributed by atoms with van der Waals surface area (Å²) in [6.45, 7) is 2.93. The molecule has 0 atom stereocenters. The van der Waals surface area contributed by atoms with Crippen molar-refractivity contribution in [2.75, 3.05) is 6.54 Å². The van der Waals surface area contributed by atoms with Gasteiger partial charge < -0.3 is 14.9 Å². The number of rotatable bonds is 5. The summed E-state index contributed by atoms with van der Waals surface area (Å²) in [6.07, 6.45) is 2.24. The number of carbonyl (C=O) groups is 1. The number of carbonyl (C=O) groups excluding carboxylic acids is 1. The van der Waals surface area contributed by atoms with Crippen molar-refractivity contribution in [3.8, 4) is 0 Å². The second-order valence-corrected chi connectivity index (χ2v) is 5.25. The fourth-order valence-corrected chi connectivity index (χ4v) is 2.43. The molecule has 2 aromatic heterocycles. The maximum absolute atomic E-state index is 12.1. The summed E-state index contributed by atoms with van der Waals surface area (Å²) in [6, 6.07) is 10.8. The molecule has 0 saturated heterocycles. The van der Waals surface area contributed by atoms with E-state index in [2.05, 4.69) is 15.3 Å². The first-order valence-corrected chi connectivity index (χ1v) is 7.59. The van der Waals surface area contributed by atoms with Gasteiger partial charge in [0, 0.05) is 37.3 Å². The van der Waals surface area contributed by atoms with Crippen LogP contribution in [0.2, 0.25) is 0 Å². The van der Waals surface area contributed by atoms with Crippen LogP contribution >= 0.6 is 0 Å². The van der Waals surface area contributed by atoms with Crippen molar-refractivity contribution in [2.24, 2.45) is 0 Å². The molecule has 6 heteroatoms. The van der Waals surface area contributed by atoms with Crippen LogP contribution < -0.4 is 10.9 Å². The number of amides is 1. The monoisotopic (exact) mass is 310 g/mol. The van der Waals surface area contributed by atoms with Gasteiger partial charge in [-0.1, -0.05) is 12.1 Å². The number of pyridine rings is 1. The first-order valence-electron chi connectivity index (χ1n) is 7.59. The number of para-hydroxylation sites is 2. The number of aromatic amines is 1. The number of nitrogens with zero attached hydrogens (tertiary/aromatic N) is 2. The number of fused-ring (bicyclic) bond motifs is 1. The van der Waals surface area contributed by atoms with Crippen LogP contribution in [0.1, 0.15) is 23.1 Å². The number of hydrogen-bond donors (Lipinski definition) is 2. The molecule has 0 bridgehead atoms. The highest BCUT2D eigenvalue weighted by Gasteiger charge is 2.08. The highest BCUT2D eigenvalue weighted by Crippen LogP contribution is 2.10. The topological polar surface area (TPSA) is 79.8 Å². The molecule has 6 nitrogen and oxygen atoms in total. The van der Waals surface area contributed by atoms with Crippen molar-refractivity contribution >= 4 is 16.9 Å². The van der Waals surface area contributed by atoms with E-state index >= 15 is 0 Å². The molecule has 118 valence electrons. The van der Waals surface area contributed by atoms with Crippen molar-refractivity contribution in [3.63, 3.8) is 0 Å². The Balaban J connectivity index is 1.60. The average molecular weight is 310 g/mol. The molecule has 2 heterocycles. The molecule has 3 aromatic rings. The summed E-state index contributed by atoms with van der Waals surface area (Å²) in [4.78, 5) is 31.5. The molecular formula is C17H18N4O2. The molecule has 1 amide bonds. The van der Waals surface area contributed by atoms with E-state index in [0.717, 1.165) is 16.9 Å². The van der Waals surface area contributed by atoms with E-state index in [9.17, 15) is 9.59 Å². The van der Waals surface area contributed by atoms with Gasteiger partial charge in [0.15, 0.2) is 0 Å².